The molecule has 2 aliphatic carbocycles. The number of nitrogens with one attached hydrogen (secondary N) is 1. The molecule has 2 saturated carbocycles. The molecule has 2 amide bonds. The van der Waals surface area contributed by atoms with E-state index in [9.17, 15) is 14.7 Å². The predicted octanol–water partition coefficient (Wildman–Crippen LogP) is 3.00. The first-order valence-corrected chi connectivity index (χ1v) is 8.10. The Balaban J connectivity index is 1.97. The molecule has 120 valence electrons. The van der Waals surface area contributed by atoms with Crippen LogP contribution in [-0.4, -0.2) is 41.1 Å². The van der Waals surface area contributed by atoms with Crippen LogP contribution in [0.4, 0.5) is 4.79 Å². The van der Waals surface area contributed by atoms with Crippen LogP contribution in [0.15, 0.2) is 0 Å². The van der Waals surface area contributed by atoms with Gasteiger partial charge in [-0.1, -0.05) is 32.6 Å². The Labute approximate surface area is 127 Å². The van der Waals surface area contributed by atoms with E-state index < -0.39 is 11.5 Å². The van der Waals surface area contributed by atoms with E-state index in [0.717, 1.165) is 44.9 Å². The van der Waals surface area contributed by atoms with Crippen LogP contribution in [0.2, 0.25) is 0 Å². The fourth-order valence-electron chi connectivity index (χ4n) is 3.70. The maximum absolute atomic E-state index is 12.4. The normalized spacial score (nSPS) is 23.0. The number of urea groups is 1. The van der Waals surface area contributed by atoms with Gasteiger partial charge in [0.2, 0.25) is 0 Å². The molecule has 0 spiro atoms. The highest BCUT2D eigenvalue weighted by atomic mass is 16.4. The summed E-state index contributed by atoms with van der Waals surface area (Å²) in [4.78, 5) is 25.3. The molecule has 0 heterocycles. The lowest BCUT2D eigenvalue weighted by Gasteiger charge is -2.45. The molecule has 5 heteroatoms. The van der Waals surface area contributed by atoms with Gasteiger partial charge in [-0.15, -0.1) is 0 Å². The second-order valence-electron chi connectivity index (χ2n) is 7.24. The molecule has 2 fully saturated rings. The van der Waals surface area contributed by atoms with Crippen molar-refractivity contribution >= 4 is 12.0 Å². The summed E-state index contributed by atoms with van der Waals surface area (Å²) in [6.07, 6.45) is 8.34. The van der Waals surface area contributed by atoms with E-state index in [-0.39, 0.29) is 17.9 Å². The van der Waals surface area contributed by atoms with Crippen molar-refractivity contribution in [1.82, 2.24) is 10.2 Å². The van der Waals surface area contributed by atoms with Crippen LogP contribution in [-0.2, 0) is 4.79 Å². The average Bonchev–Trinajstić information content (AvgIpc) is 2.42. The number of carboxylic acid groups (broad SMARTS) is 1. The number of carboxylic acids is 1. The molecule has 0 aromatic rings. The number of amides is 2. The van der Waals surface area contributed by atoms with E-state index in [1.807, 2.05) is 0 Å². The van der Waals surface area contributed by atoms with Crippen LogP contribution in [0.1, 0.15) is 64.7 Å². The van der Waals surface area contributed by atoms with Crippen LogP contribution in [0, 0.1) is 5.41 Å². The van der Waals surface area contributed by atoms with Crippen molar-refractivity contribution in [2.24, 2.45) is 5.41 Å². The molecule has 0 aromatic heterocycles. The first-order valence-electron chi connectivity index (χ1n) is 8.10. The van der Waals surface area contributed by atoms with Crippen LogP contribution in [0.5, 0.6) is 0 Å². The van der Waals surface area contributed by atoms with E-state index in [1.54, 1.807) is 11.9 Å². The lowest BCUT2D eigenvalue weighted by Crippen LogP contribution is -2.56. The van der Waals surface area contributed by atoms with E-state index in [4.69, 9.17) is 0 Å². The summed E-state index contributed by atoms with van der Waals surface area (Å²) in [5, 5.41) is 12.2. The number of aliphatic carboxylic acids is 1. The summed E-state index contributed by atoms with van der Waals surface area (Å²) in [5.74, 6) is -0.817. The summed E-state index contributed by atoms with van der Waals surface area (Å²) in [6.45, 7) is 2.89. The van der Waals surface area contributed by atoms with Crippen molar-refractivity contribution in [3.8, 4) is 0 Å². The smallest absolute Gasteiger partial charge is 0.317 e. The van der Waals surface area contributed by atoms with Gasteiger partial charge in [0.1, 0.15) is 0 Å². The number of nitrogens with zero attached hydrogens (tertiary/aromatic N) is 1. The topological polar surface area (TPSA) is 69.6 Å². The number of rotatable bonds is 5. The van der Waals surface area contributed by atoms with Gasteiger partial charge in [-0.3, -0.25) is 4.79 Å². The minimum absolute atomic E-state index is 0.0498. The van der Waals surface area contributed by atoms with Crippen LogP contribution >= 0.6 is 0 Å². The van der Waals surface area contributed by atoms with E-state index >= 15 is 0 Å². The second-order valence-corrected chi connectivity index (χ2v) is 7.24. The van der Waals surface area contributed by atoms with Crippen molar-refractivity contribution in [3.05, 3.63) is 0 Å². The third-order valence-corrected chi connectivity index (χ3v) is 5.51. The molecule has 0 aromatic carbocycles. The van der Waals surface area contributed by atoms with Gasteiger partial charge in [0.25, 0.3) is 0 Å². The van der Waals surface area contributed by atoms with E-state index in [2.05, 4.69) is 12.2 Å². The Bertz CT molecular complexity index is 398. The third kappa shape index (κ3) is 3.69. The second kappa shape index (κ2) is 6.24. The van der Waals surface area contributed by atoms with Gasteiger partial charge in [-0.25, -0.2) is 4.79 Å². The molecule has 2 rings (SSSR count). The zero-order chi connectivity index (χ0) is 15.5. The minimum Gasteiger partial charge on any atom is -0.481 e. The molecule has 0 atom stereocenters. The van der Waals surface area contributed by atoms with Crippen molar-refractivity contribution in [1.29, 1.82) is 0 Å². The summed E-state index contributed by atoms with van der Waals surface area (Å²) in [7, 11) is 1.76. The zero-order valence-corrected chi connectivity index (χ0v) is 13.3. The fraction of sp³-hybridized carbons (Fsp3) is 0.875. The Morgan fingerprint density at radius 1 is 1.10 bits per heavy atom. The standard InChI is InChI=1S/C16H28N2O3/c1-15(7-6-8-15)12-17-14(21)18(2)16(11-13(19)20)9-4-3-5-10-16/h3-12H2,1-2H3,(H,17,21)(H,19,20). The summed E-state index contributed by atoms with van der Waals surface area (Å²) in [6, 6.07) is -0.119. The average molecular weight is 296 g/mol. The van der Waals surface area contributed by atoms with Crippen molar-refractivity contribution < 1.29 is 14.7 Å². The SMILES string of the molecule is CN(C(=O)NCC1(C)CCC1)C1(CC(=O)O)CCCCC1. The van der Waals surface area contributed by atoms with Crippen molar-refractivity contribution in [2.75, 3.05) is 13.6 Å². The molecule has 5 nitrogen and oxygen atoms in total. The Morgan fingerprint density at radius 2 is 1.71 bits per heavy atom. The highest BCUT2D eigenvalue weighted by molar-refractivity contribution is 5.76. The molecule has 2 aliphatic rings. The van der Waals surface area contributed by atoms with Gasteiger partial charge in [-0.05, 0) is 31.1 Å². The van der Waals surface area contributed by atoms with Crippen LogP contribution in [0.3, 0.4) is 0 Å². The molecule has 0 unspecified atom stereocenters. The summed E-state index contributed by atoms with van der Waals surface area (Å²) < 4.78 is 0. The minimum atomic E-state index is -0.817. The zero-order valence-electron chi connectivity index (χ0n) is 13.3. The predicted molar refractivity (Wildman–Crippen MR) is 81.2 cm³/mol. The van der Waals surface area contributed by atoms with Crippen molar-refractivity contribution in [2.45, 2.75) is 70.3 Å². The molecule has 0 bridgehead atoms. The van der Waals surface area contributed by atoms with E-state index in [0.29, 0.717) is 6.54 Å². The number of hydrogen-bond acceptors (Lipinski definition) is 2. The summed E-state index contributed by atoms with van der Waals surface area (Å²) >= 11 is 0. The molecule has 2 N–H and O–H groups in total. The molecular formula is C16H28N2O3. The summed E-state index contributed by atoms with van der Waals surface area (Å²) in [5.41, 5.74) is -0.266. The lowest BCUT2D eigenvalue weighted by molar-refractivity contribution is -0.140. The molecule has 21 heavy (non-hydrogen) atoms. The van der Waals surface area contributed by atoms with Gasteiger partial charge in [-0.2, -0.15) is 0 Å². The van der Waals surface area contributed by atoms with Gasteiger partial charge in [0.05, 0.1) is 12.0 Å². The van der Waals surface area contributed by atoms with Crippen molar-refractivity contribution in [3.63, 3.8) is 0 Å². The maximum atomic E-state index is 12.4. The van der Waals surface area contributed by atoms with Gasteiger partial charge in [0.15, 0.2) is 0 Å². The largest absolute Gasteiger partial charge is 0.481 e. The lowest BCUT2D eigenvalue weighted by atomic mass is 9.70. The molecular weight excluding hydrogens is 268 g/mol. The monoisotopic (exact) mass is 296 g/mol. The van der Waals surface area contributed by atoms with Gasteiger partial charge < -0.3 is 15.3 Å². The number of carbonyl (C=O) groups is 2. The van der Waals surface area contributed by atoms with Crippen LogP contribution in [0.25, 0.3) is 0 Å². The van der Waals surface area contributed by atoms with Gasteiger partial charge in [0, 0.05) is 13.6 Å². The Morgan fingerprint density at radius 3 is 2.19 bits per heavy atom. The molecule has 0 aliphatic heterocycles. The highest BCUT2D eigenvalue weighted by Crippen LogP contribution is 2.40. The Kier molecular flexibility index (Phi) is 4.79. The first kappa shape index (κ1) is 16.1. The van der Waals surface area contributed by atoms with Gasteiger partial charge >= 0.3 is 12.0 Å². The number of hydrogen-bond donors (Lipinski definition) is 2. The maximum Gasteiger partial charge on any atom is 0.317 e. The third-order valence-electron chi connectivity index (χ3n) is 5.51. The number of carbonyl (C=O) groups excluding carboxylic acids is 1. The molecule has 0 radical (unpaired) electrons. The van der Waals surface area contributed by atoms with E-state index in [1.165, 1.54) is 6.42 Å². The van der Waals surface area contributed by atoms with Crippen LogP contribution < -0.4 is 5.32 Å². The first-order chi connectivity index (χ1) is 9.87. The fourth-order valence-corrected chi connectivity index (χ4v) is 3.70. The molecule has 0 saturated heterocycles. The Hall–Kier alpha value is -1.26. The highest BCUT2D eigenvalue weighted by Gasteiger charge is 2.41. The quantitative estimate of drug-likeness (QED) is 0.819.